The number of hydrogen-bond donors (Lipinski definition) is 1. The molecule has 166 valence electrons. The molecule has 7 heteroatoms. The molecule has 4 rings (SSSR count). The van der Waals surface area contributed by atoms with Gasteiger partial charge in [0.05, 0.1) is 16.9 Å². The minimum atomic E-state index is -3.61. The fourth-order valence-corrected chi connectivity index (χ4v) is 5.98. The Bertz CT molecular complexity index is 1060. The van der Waals surface area contributed by atoms with E-state index in [0.29, 0.717) is 25.8 Å². The SMILES string of the molecule is Cc1ccc(S(=O)(=O)N2CCCC(C(=O)NC3CC(C)(C)Oc4ccccc43)C2)cc1. The van der Waals surface area contributed by atoms with Crippen LogP contribution in [0, 0.1) is 12.8 Å². The van der Waals surface area contributed by atoms with Crippen LogP contribution >= 0.6 is 0 Å². The van der Waals surface area contributed by atoms with E-state index in [1.807, 2.05) is 45.0 Å². The van der Waals surface area contributed by atoms with E-state index in [0.717, 1.165) is 16.9 Å². The van der Waals surface area contributed by atoms with Crippen LogP contribution in [0.3, 0.4) is 0 Å². The summed E-state index contributed by atoms with van der Waals surface area (Å²) in [5.41, 5.74) is 1.59. The Kier molecular flexibility index (Phi) is 5.83. The number of nitrogens with zero attached hydrogens (tertiary/aromatic N) is 1. The van der Waals surface area contributed by atoms with Crippen LogP contribution in [-0.2, 0) is 14.8 Å². The van der Waals surface area contributed by atoms with E-state index >= 15 is 0 Å². The third-order valence-corrected chi connectivity index (χ3v) is 7.99. The van der Waals surface area contributed by atoms with Gasteiger partial charge in [-0.05, 0) is 51.8 Å². The van der Waals surface area contributed by atoms with Crippen molar-refractivity contribution in [3.63, 3.8) is 0 Å². The molecule has 2 aromatic rings. The summed E-state index contributed by atoms with van der Waals surface area (Å²) in [7, 11) is -3.61. The molecule has 2 atom stereocenters. The van der Waals surface area contributed by atoms with Gasteiger partial charge >= 0.3 is 0 Å². The standard InChI is InChI=1S/C24H30N2O4S/c1-17-10-12-19(13-11-17)31(28,29)26-14-6-7-18(16-26)23(27)25-21-15-24(2,3)30-22-9-5-4-8-20(21)22/h4-5,8-13,18,21H,6-7,14-16H2,1-3H3,(H,25,27). The predicted molar refractivity (Wildman–Crippen MR) is 119 cm³/mol. The van der Waals surface area contributed by atoms with E-state index in [2.05, 4.69) is 5.32 Å². The van der Waals surface area contributed by atoms with Gasteiger partial charge in [0, 0.05) is 25.1 Å². The number of carbonyl (C=O) groups excluding carboxylic acids is 1. The molecule has 0 radical (unpaired) electrons. The highest BCUT2D eigenvalue weighted by Gasteiger charge is 2.37. The summed E-state index contributed by atoms with van der Waals surface area (Å²) in [4.78, 5) is 13.4. The summed E-state index contributed by atoms with van der Waals surface area (Å²) >= 11 is 0. The number of ether oxygens (including phenoxy) is 1. The zero-order valence-electron chi connectivity index (χ0n) is 18.3. The van der Waals surface area contributed by atoms with Crippen molar-refractivity contribution in [2.24, 2.45) is 5.92 Å². The Morgan fingerprint density at radius 1 is 1.13 bits per heavy atom. The van der Waals surface area contributed by atoms with Gasteiger partial charge in [-0.25, -0.2) is 8.42 Å². The average molecular weight is 443 g/mol. The van der Waals surface area contributed by atoms with Crippen molar-refractivity contribution in [3.8, 4) is 5.75 Å². The second kappa shape index (κ2) is 8.28. The molecule has 1 amide bonds. The second-order valence-electron chi connectivity index (χ2n) is 9.18. The van der Waals surface area contributed by atoms with Crippen LogP contribution in [-0.4, -0.2) is 37.3 Å². The van der Waals surface area contributed by atoms with Crippen LogP contribution < -0.4 is 10.1 Å². The highest BCUT2D eigenvalue weighted by molar-refractivity contribution is 7.89. The first-order valence-corrected chi connectivity index (χ1v) is 12.2. The third-order valence-electron chi connectivity index (χ3n) is 6.11. The first kappa shape index (κ1) is 21.8. The van der Waals surface area contributed by atoms with Crippen LogP contribution in [0.2, 0.25) is 0 Å². The number of carbonyl (C=O) groups is 1. The molecule has 2 aliphatic heterocycles. The molecule has 2 aromatic carbocycles. The molecular weight excluding hydrogens is 412 g/mol. The summed E-state index contributed by atoms with van der Waals surface area (Å²) in [6.45, 7) is 6.59. The normalized spacial score (nSPS) is 23.5. The lowest BCUT2D eigenvalue weighted by molar-refractivity contribution is -0.127. The fourth-order valence-electron chi connectivity index (χ4n) is 4.45. The molecule has 1 fully saturated rings. The minimum Gasteiger partial charge on any atom is -0.487 e. The Morgan fingerprint density at radius 2 is 1.84 bits per heavy atom. The minimum absolute atomic E-state index is 0.0960. The van der Waals surface area contributed by atoms with Gasteiger partial charge in [-0.15, -0.1) is 0 Å². The Hall–Kier alpha value is -2.38. The number of hydrogen-bond acceptors (Lipinski definition) is 4. The predicted octanol–water partition coefficient (Wildman–Crippen LogP) is 3.81. The number of amides is 1. The van der Waals surface area contributed by atoms with Gasteiger partial charge in [-0.2, -0.15) is 4.31 Å². The summed E-state index contributed by atoms with van der Waals surface area (Å²) in [6.07, 6.45) is 2.01. The van der Waals surface area contributed by atoms with Crippen molar-refractivity contribution in [2.75, 3.05) is 13.1 Å². The van der Waals surface area contributed by atoms with Gasteiger partial charge in [0.1, 0.15) is 11.4 Å². The Balaban J connectivity index is 1.49. The van der Waals surface area contributed by atoms with E-state index < -0.39 is 10.0 Å². The maximum atomic E-state index is 13.2. The number of para-hydroxylation sites is 1. The molecule has 0 bridgehead atoms. The molecule has 0 aromatic heterocycles. The molecule has 31 heavy (non-hydrogen) atoms. The number of fused-ring (bicyclic) bond motifs is 1. The van der Waals surface area contributed by atoms with Crippen molar-refractivity contribution in [1.29, 1.82) is 0 Å². The van der Waals surface area contributed by atoms with Crippen LogP contribution in [0.1, 0.15) is 50.3 Å². The number of nitrogens with one attached hydrogen (secondary N) is 1. The molecule has 2 aliphatic rings. The number of benzene rings is 2. The third kappa shape index (κ3) is 4.62. The summed E-state index contributed by atoms with van der Waals surface area (Å²) in [6, 6.07) is 14.5. The van der Waals surface area contributed by atoms with Gasteiger partial charge in [0.2, 0.25) is 15.9 Å². The molecule has 0 spiro atoms. The first-order chi connectivity index (χ1) is 14.7. The van der Waals surface area contributed by atoms with Crippen molar-refractivity contribution in [1.82, 2.24) is 9.62 Å². The van der Waals surface area contributed by atoms with Crippen LogP contribution in [0.25, 0.3) is 0 Å². The van der Waals surface area contributed by atoms with Crippen molar-refractivity contribution >= 4 is 15.9 Å². The fraction of sp³-hybridized carbons (Fsp3) is 0.458. The summed E-state index contributed by atoms with van der Waals surface area (Å²) in [5, 5.41) is 3.18. The molecule has 2 unspecified atom stereocenters. The lowest BCUT2D eigenvalue weighted by Crippen LogP contribution is -2.47. The monoisotopic (exact) mass is 442 g/mol. The highest BCUT2D eigenvalue weighted by Crippen LogP contribution is 2.39. The van der Waals surface area contributed by atoms with Gasteiger partial charge in [0.25, 0.3) is 0 Å². The van der Waals surface area contributed by atoms with E-state index in [4.69, 9.17) is 4.74 Å². The van der Waals surface area contributed by atoms with Crippen LogP contribution in [0.4, 0.5) is 0 Å². The maximum absolute atomic E-state index is 13.2. The largest absolute Gasteiger partial charge is 0.487 e. The zero-order valence-corrected chi connectivity index (χ0v) is 19.1. The zero-order chi connectivity index (χ0) is 22.2. The van der Waals surface area contributed by atoms with Gasteiger partial charge in [-0.3, -0.25) is 4.79 Å². The Labute approximate surface area is 184 Å². The number of rotatable bonds is 4. The second-order valence-corrected chi connectivity index (χ2v) is 11.1. The first-order valence-electron chi connectivity index (χ1n) is 10.8. The molecule has 1 N–H and O–H groups in total. The average Bonchev–Trinajstić information content (AvgIpc) is 2.73. The topological polar surface area (TPSA) is 75.7 Å². The quantitative estimate of drug-likeness (QED) is 0.781. The molecule has 6 nitrogen and oxygen atoms in total. The van der Waals surface area contributed by atoms with Crippen molar-refractivity contribution in [2.45, 2.75) is 56.6 Å². The van der Waals surface area contributed by atoms with Crippen LogP contribution in [0.15, 0.2) is 53.4 Å². The maximum Gasteiger partial charge on any atom is 0.243 e. The van der Waals surface area contributed by atoms with Gasteiger partial charge in [0.15, 0.2) is 0 Å². The molecular formula is C24H30N2O4S. The summed E-state index contributed by atoms with van der Waals surface area (Å²) in [5.74, 6) is 0.324. The number of piperidine rings is 1. The Morgan fingerprint density at radius 3 is 2.58 bits per heavy atom. The number of aryl methyl sites for hydroxylation is 1. The lowest BCUT2D eigenvalue weighted by Gasteiger charge is -2.39. The van der Waals surface area contributed by atoms with E-state index in [1.165, 1.54) is 4.31 Å². The van der Waals surface area contributed by atoms with E-state index in [-0.39, 0.29) is 34.9 Å². The van der Waals surface area contributed by atoms with Crippen molar-refractivity contribution < 1.29 is 17.9 Å². The molecule has 1 saturated heterocycles. The highest BCUT2D eigenvalue weighted by atomic mass is 32.2. The van der Waals surface area contributed by atoms with E-state index in [1.54, 1.807) is 24.3 Å². The lowest BCUT2D eigenvalue weighted by atomic mass is 9.89. The van der Waals surface area contributed by atoms with Gasteiger partial charge < -0.3 is 10.1 Å². The smallest absolute Gasteiger partial charge is 0.243 e. The summed E-state index contributed by atoms with van der Waals surface area (Å²) < 4.78 is 33.7. The van der Waals surface area contributed by atoms with Crippen LogP contribution in [0.5, 0.6) is 5.75 Å². The van der Waals surface area contributed by atoms with Crippen molar-refractivity contribution in [3.05, 3.63) is 59.7 Å². The van der Waals surface area contributed by atoms with Gasteiger partial charge in [-0.1, -0.05) is 35.9 Å². The molecule has 0 aliphatic carbocycles. The molecule has 0 saturated carbocycles. The number of sulfonamides is 1. The van der Waals surface area contributed by atoms with E-state index in [9.17, 15) is 13.2 Å². The molecule has 2 heterocycles.